The molecule has 2 unspecified atom stereocenters. The van der Waals surface area contributed by atoms with Crippen LogP contribution in [0.1, 0.15) is 12.8 Å². The standard InChI is InChI=1S/C8H9NO3/c10-5-3-1-2-4-6(5)7(11)8(12)9-4/h2,6-7,11H,1,3H2,(H,9,12). The van der Waals surface area contributed by atoms with Crippen LogP contribution < -0.4 is 5.32 Å². The van der Waals surface area contributed by atoms with Gasteiger partial charge in [-0.25, -0.2) is 0 Å². The van der Waals surface area contributed by atoms with Crippen LogP contribution >= 0.6 is 0 Å². The molecule has 0 spiro atoms. The predicted molar refractivity (Wildman–Crippen MR) is 40.0 cm³/mol. The summed E-state index contributed by atoms with van der Waals surface area (Å²) in [6.07, 6.45) is 1.74. The molecule has 1 amide bonds. The maximum absolute atomic E-state index is 11.2. The summed E-state index contributed by atoms with van der Waals surface area (Å²) in [5.74, 6) is -1.11. The number of aliphatic hydroxyl groups excluding tert-OH is 1. The van der Waals surface area contributed by atoms with Gasteiger partial charge in [0.15, 0.2) is 0 Å². The molecule has 0 aromatic heterocycles. The first kappa shape index (κ1) is 7.49. The van der Waals surface area contributed by atoms with Gasteiger partial charge in [0, 0.05) is 12.1 Å². The molecule has 1 aliphatic heterocycles. The molecular formula is C8H9NO3. The summed E-state index contributed by atoms with van der Waals surface area (Å²) in [5.41, 5.74) is 0.587. The van der Waals surface area contributed by atoms with Crippen LogP contribution in [0.5, 0.6) is 0 Å². The molecule has 2 atom stereocenters. The van der Waals surface area contributed by atoms with Crippen molar-refractivity contribution in [3.8, 4) is 0 Å². The number of carbonyl (C=O) groups is 2. The first-order valence-corrected chi connectivity index (χ1v) is 3.92. The van der Waals surface area contributed by atoms with Crippen LogP contribution in [0.15, 0.2) is 11.8 Å². The van der Waals surface area contributed by atoms with Crippen LogP contribution in [0.4, 0.5) is 0 Å². The fourth-order valence-electron chi connectivity index (χ4n) is 1.67. The Morgan fingerprint density at radius 3 is 2.92 bits per heavy atom. The number of rotatable bonds is 0. The van der Waals surface area contributed by atoms with E-state index in [1.165, 1.54) is 0 Å². The summed E-state index contributed by atoms with van der Waals surface area (Å²) in [6, 6.07) is 0. The van der Waals surface area contributed by atoms with Crippen molar-refractivity contribution in [3.63, 3.8) is 0 Å². The van der Waals surface area contributed by atoms with Crippen LogP contribution in [0.25, 0.3) is 0 Å². The number of ketones is 1. The normalized spacial score (nSPS) is 34.2. The number of hydrogen-bond acceptors (Lipinski definition) is 3. The Morgan fingerprint density at radius 2 is 2.25 bits per heavy atom. The molecule has 2 N–H and O–H groups in total. The molecule has 0 aromatic carbocycles. The topological polar surface area (TPSA) is 66.4 Å². The van der Waals surface area contributed by atoms with Crippen molar-refractivity contribution in [3.05, 3.63) is 11.8 Å². The average molecular weight is 167 g/mol. The second-order valence-electron chi connectivity index (χ2n) is 3.08. The minimum Gasteiger partial charge on any atom is -0.382 e. The third-order valence-corrected chi connectivity index (χ3v) is 2.29. The van der Waals surface area contributed by atoms with E-state index in [0.29, 0.717) is 18.5 Å². The van der Waals surface area contributed by atoms with E-state index in [4.69, 9.17) is 0 Å². The zero-order chi connectivity index (χ0) is 8.72. The Bertz CT molecular complexity index is 282. The van der Waals surface area contributed by atoms with Gasteiger partial charge in [-0.05, 0) is 6.42 Å². The molecule has 1 fully saturated rings. The highest BCUT2D eigenvalue weighted by Crippen LogP contribution is 2.27. The number of aliphatic hydroxyl groups is 1. The van der Waals surface area contributed by atoms with E-state index in [2.05, 4.69) is 5.32 Å². The Morgan fingerprint density at radius 1 is 1.50 bits per heavy atom. The predicted octanol–water partition coefficient (Wildman–Crippen LogP) is -0.660. The highest BCUT2D eigenvalue weighted by atomic mass is 16.3. The monoisotopic (exact) mass is 167 g/mol. The largest absolute Gasteiger partial charge is 0.382 e. The van der Waals surface area contributed by atoms with Crippen molar-refractivity contribution in [1.29, 1.82) is 0 Å². The van der Waals surface area contributed by atoms with Crippen molar-refractivity contribution >= 4 is 11.7 Å². The fourth-order valence-corrected chi connectivity index (χ4v) is 1.67. The van der Waals surface area contributed by atoms with E-state index >= 15 is 0 Å². The molecule has 0 bridgehead atoms. The molecule has 1 saturated heterocycles. The van der Waals surface area contributed by atoms with Gasteiger partial charge in [-0.1, -0.05) is 6.08 Å². The zero-order valence-electron chi connectivity index (χ0n) is 6.41. The van der Waals surface area contributed by atoms with E-state index in [-0.39, 0.29) is 5.78 Å². The van der Waals surface area contributed by atoms with Gasteiger partial charge in [-0.2, -0.15) is 0 Å². The number of amides is 1. The Labute approximate surface area is 69.3 Å². The molecule has 12 heavy (non-hydrogen) atoms. The zero-order valence-corrected chi connectivity index (χ0v) is 6.41. The van der Waals surface area contributed by atoms with Crippen molar-refractivity contribution in [2.75, 3.05) is 0 Å². The van der Waals surface area contributed by atoms with Crippen LogP contribution in [-0.2, 0) is 9.59 Å². The Balaban J connectivity index is 2.36. The van der Waals surface area contributed by atoms with Gasteiger partial charge in [0.25, 0.3) is 5.91 Å². The second kappa shape index (κ2) is 2.42. The second-order valence-corrected chi connectivity index (χ2v) is 3.08. The summed E-state index contributed by atoms with van der Waals surface area (Å²) in [4.78, 5) is 22.2. The van der Waals surface area contributed by atoms with Gasteiger partial charge in [-0.15, -0.1) is 0 Å². The summed E-state index contributed by atoms with van der Waals surface area (Å²) in [6.45, 7) is 0. The summed E-state index contributed by atoms with van der Waals surface area (Å²) in [7, 11) is 0. The lowest BCUT2D eigenvalue weighted by Gasteiger charge is -2.15. The summed E-state index contributed by atoms with van der Waals surface area (Å²) < 4.78 is 0. The van der Waals surface area contributed by atoms with Gasteiger partial charge in [0.05, 0.1) is 5.92 Å². The number of Topliss-reactive ketones (excluding diaryl/α,β-unsaturated/α-hetero) is 1. The van der Waals surface area contributed by atoms with Gasteiger partial charge in [0.1, 0.15) is 11.9 Å². The lowest BCUT2D eigenvalue weighted by atomic mass is 9.89. The molecule has 0 radical (unpaired) electrons. The Kier molecular flexibility index (Phi) is 1.51. The first-order chi connectivity index (χ1) is 5.70. The fraction of sp³-hybridized carbons (Fsp3) is 0.500. The highest BCUT2D eigenvalue weighted by molar-refractivity contribution is 5.98. The summed E-state index contributed by atoms with van der Waals surface area (Å²) in [5, 5.41) is 11.8. The Hall–Kier alpha value is -1.16. The van der Waals surface area contributed by atoms with Gasteiger partial charge in [0.2, 0.25) is 0 Å². The molecule has 0 aromatic rings. The minimum atomic E-state index is -1.16. The third-order valence-electron chi connectivity index (χ3n) is 2.29. The maximum atomic E-state index is 11.2. The number of allylic oxidation sites excluding steroid dienone is 1. The van der Waals surface area contributed by atoms with E-state index in [9.17, 15) is 14.7 Å². The van der Waals surface area contributed by atoms with Crippen molar-refractivity contribution in [1.82, 2.24) is 5.32 Å². The van der Waals surface area contributed by atoms with Crippen LogP contribution in [0.2, 0.25) is 0 Å². The van der Waals surface area contributed by atoms with Gasteiger partial charge in [-0.3, -0.25) is 9.59 Å². The van der Waals surface area contributed by atoms with Crippen LogP contribution in [-0.4, -0.2) is 22.9 Å². The quantitative estimate of drug-likeness (QED) is 0.503. The van der Waals surface area contributed by atoms with E-state index in [1.54, 1.807) is 6.08 Å². The number of fused-ring (bicyclic) bond motifs is 1. The van der Waals surface area contributed by atoms with Crippen LogP contribution in [0.3, 0.4) is 0 Å². The van der Waals surface area contributed by atoms with Gasteiger partial charge < -0.3 is 10.4 Å². The number of hydrogen-bond donors (Lipinski definition) is 2. The van der Waals surface area contributed by atoms with Crippen molar-refractivity contribution in [2.45, 2.75) is 18.9 Å². The molecule has 1 aliphatic carbocycles. The average Bonchev–Trinajstić information content (AvgIpc) is 2.29. The molecule has 1 heterocycles. The lowest BCUT2D eigenvalue weighted by Crippen LogP contribution is -2.29. The molecule has 64 valence electrons. The summed E-state index contributed by atoms with van der Waals surface area (Å²) >= 11 is 0. The van der Waals surface area contributed by atoms with E-state index in [0.717, 1.165) is 0 Å². The lowest BCUT2D eigenvalue weighted by molar-refractivity contribution is -0.132. The van der Waals surface area contributed by atoms with Gasteiger partial charge >= 0.3 is 0 Å². The molecule has 4 nitrogen and oxygen atoms in total. The molecular weight excluding hydrogens is 158 g/mol. The highest BCUT2D eigenvalue weighted by Gasteiger charge is 2.42. The smallest absolute Gasteiger partial charge is 0.254 e. The van der Waals surface area contributed by atoms with Crippen molar-refractivity contribution < 1.29 is 14.7 Å². The minimum absolute atomic E-state index is 0.0432. The van der Waals surface area contributed by atoms with E-state index < -0.39 is 17.9 Å². The maximum Gasteiger partial charge on any atom is 0.254 e. The van der Waals surface area contributed by atoms with Crippen molar-refractivity contribution in [2.24, 2.45) is 5.92 Å². The number of carbonyl (C=O) groups excluding carboxylic acids is 2. The van der Waals surface area contributed by atoms with Crippen LogP contribution in [0, 0.1) is 5.92 Å². The molecule has 4 heteroatoms. The third kappa shape index (κ3) is 0.881. The molecule has 2 rings (SSSR count). The molecule has 0 saturated carbocycles. The molecule has 2 aliphatic rings. The first-order valence-electron chi connectivity index (χ1n) is 3.92. The SMILES string of the molecule is O=C1NC2=CCCC(=O)C2C1O. The number of nitrogens with one attached hydrogen (secondary N) is 1. The van der Waals surface area contributed by atoms with E-state index in [1.807, 2.05) is 0 Å².